The van der Waals surface area contributed by atoms with E-state index in [2.05, 4.69) is 5.32 Å². The zero-order valence-electron chi connectivity index (χ0n) is 10.4. The van der Waals surface area contributed by atoms with Crippen molar-refractivity contribution in [2.45, 2.75) is 25.1 Å². The number of ether oxygens (including phenoxy) is 1. The van der Waals surface area contributed by atoms with Gasteiger partial charge < -0.3 is 10.1 Å². The van der Waals surface area contributed by atoms with Gasteiger partial charge in [0.15, 0.2) is 0 Å². The summed E-state index contributed by atoms with van der Waals surface area (Å²) >= 11 is 0. The molecule has 0 radical (unpaired) electrons. The topological polar surface area (TPSA) is 21.3 Å². The Bertz CT molecular complexity index is 443. The van der Waals surface area contributed by atoms with Crippen molar-refractivity contribution < 1.29 is 22.3 Å². The summed E-state index contributed by atoms with van der Waals surface area (Å²) in [5, 5.41) is 2.82. The van der Waals surface area contributed by atoms with Gasteiger partial charge in [-0.1, -0.05) is 0 Å². The lowest BCUT2D eigenvalue weighted by atomic mass is 10.1. The van der Waals surface area contributed by atoms with Gasteiger partial charge in [-0.2, -0.15) is 13.2 Å². The summed E-state index contributed by atoms with van der Waals surface area (Å²) in [5.74, 6) is -0.344. The zero-order chi connectivity index (χ0) is 14.0. The van der Waals surface area contributed by atoms with E-state index in [4.69, 9.17) is 4.74 Å². The lowest BCUT2D eigenvalue weighted by Crippen LogP contribution is -2.27. The fraction of sp³-hybridized carbons (Fsp3) is 0.538. The van der Waals surface area contributed by atoms with E-state index >= 15 is 0 Å². The van der Waals surface area contributed by atoms with Crippen molar-refractivity contribution in [3.63, 3.8) is 0 Å². The molecular weight excluding hydrogens is 262 g/mol. The molecule has 2 rings (SSSR count). The maximum absolute atomic E-state index is 13.6. The molecule has 0 amide bonds. The van der Waals surface area contributed by atoms with Crippen LogP contribution in [-0.2, 0) is 10.9 Å². The smallest absolute Gasteiger partial charge is 0.383 e. The molecule has 1 N–H and O–H groups in total. The van der Waals surface area contributed by atoms with E-state index < -0.39 is 17.6 Å². The number of hydrogen-bond donors (Lipinski definition) is 1. The van der Waals surface area contributed by atoms with Crippen LogP contribution in [-0.4, -0.2) is 19.8 Å². The second kappa shape index (κ2) is 5.36. The molecule has 0 aromatic heterocycles. The summed E-state index contributed by atoms with van der Waals surface area (Å²) < 4.78 is 56.3. The van der Waals surface area contributed by atoms with Gasteiger partial charge in [0.05, 0.1) is 23.9 Å². The minimum absolute atomic E-state index is 0.122. The van der Waals surface area contributed by atoms with E-state index in [1.807, 2.05) is 0 Å². The number of halogens is 4. The normalized spacial score (nSPS) is 17.3. The Morgan fingerprint density at radius 2 is 2.05 bits per heavy atom. The van der Waals surface area contributed by atoms with E-state index in [0.29, 0.717) is 12.5 Å². The molecular formula is C13H15F4NO. The number of nitrogens with one attached hydrogen (secondary N) is 1. The average molecular weight is 277 g/mol. The highest BCUT2D eigenvalue weighted by Crippen LogP contribution is 2.36. The molecule has 1 atom stereocenters. The van der Waals surface area contributed by atoms with E-state index in [9.17, 15) is 17.6 Å². The molecule has 0 bridgehead atoms. The molecule has 1 aromatic carbocycles. The van der Waals surface area contributed by atoms with Crippen molar-refractivity contribution in [3.8, 4) is 0 Å². The molecule has 0 aliphatic heterocycles. The van der Waals surface area contributed by atoms with Crippen molar-refractivity contribution in [1.29, 1.82) is 0 Å². The second-order valence-electron chi connectivity index (χ2n) is 4.74. The highest BCUT2D eigenvalue weighted by atomic mass is 19.4. The molecule has 6 heteroatoms. The van der Waals surface area contributed by atoms with Crippen LogP contribution in [0.5, 0.6) is 0 Å². The molecule has 1 saturated carbocycles. The van der Waals surface area contributed by atoms with E-state index in [1.165, 1.54) is 7.11 Å². The molecule has 1 unspecified atom stereocenters. The fourth-order valence-corrected chi connectivity index (χ4v) is 1.99. The van der Waals surface area contributed by atoms with Crippen LogP contribution in [0.15, 0.2) is 18.2 Å². The third-order valence-electron chi connectivity index (χ3n) is 3.17. The van der Waals surface area contributed by atoms with E-state index in [-0.39, 0.29) is 11.7 Å². The summed E-state index contributed by atoms with van der Waals surface area (Å²) in [4.78, 5) is 0. The maximum atomic E-state index is 13.6. The third-order valence-corrected chi connectivity index (χ3v) is 3.17. The zero-order valence-corrected chi connectivity index (χ0v) is 10.4. The maximum Gasteiger partial charge on any atom is 0.416 e. The van der Waals surface area contributed by atoms with Gasteiger partial charge in [0.2, 0.25) is 0 Å². The Labute approximate surface area is 108 Å². The molecule has 1 aromatic rings. The summed E-state index contributed by atoms with van der Waals surface area (Å²) in [6, 6.07) is 2.23. The van der Waals surface area contributed by atoms with Gasteiger partial charge in [-0.15, -0.1) is 0 Å². The minimum atomic E-state index is -4.47. The first-order valence-corrected chi connectivity index (χ1v) is 6.04. The quantitative estimate of drug-likeness (QED) is 0.829. The molecule has 106 valence electrons. The number of anilines is 1. The summed E-state index contributed by atoms with van der Waals surface area (Å²) in [7, 11) is 1.51. The molecule has 19 heavy (non-hydrogen) atoms. The van der Waals surface area contributed by atoms with Gasteiger partial charge in [0.1, 0.15) is 5.82 Å². The highest BCUT2D eigenvalue weighted by Gasteiger charge is 2.34. The van der Waals surface area contributed by atoms with Crippen molar-refractivity contribution in [3.05, 3.63) is 29.6 Å². The lowest BCUT2D eigenvalue weighted by Gasteiger charge is -2.20. The fourth-order valence-electron chi connectivity index (χ4n) is 1.99. The first kappa shape index (κ1) is 14.1. The Balaban J connectivity index is 2.18. The third kappa shape index (κ3) is 3.59. The van der Waals surface area contributed by atoms with Crippen LogP contribution in [0.1, 0.15) is 18.4 Å². The Morgan fingerprint density at radius 3 is 2.58 bits per heavy atom. The summed E-state index contributed by atoms with van der Waals surface area (Å²) in [6.07, 6.45) is -2.50. The lowest BCUT2D eigenvalue weighted by molar-refractivity contribution is -0.137. The number of benzene rings is 1. The number of alkyl halides is 3. The molecule has 0 spiro atoms. The number of methoxy groups -OCH3 is 1. The van der Waals surface area contributed by atoms with Crippen LogP contribution in [0.2, 0.25) is 0 Å². The summed E-state index contributed by atoms with van der Waals surface area (Å²) in [5.41, 5.74) is -0.980. The summed E-state index contributed by atoms with van der Waals surface area (Å²) in [6.45, 7) is 0.348. The van der Waals surface area contributed by atoms with Gasteiger partial charge in [-0.3, -0.25) is 0 Å². The van der Waals surface area contributed by atoms with Crippen molar-refractivity contribution in [1.82, 2.24) is 0 Å². The van der Waals surface area contributed by atoms with Crippen LogP contribution >= 0.6 is 0 Å². The Kier molecular flexibility index (Phi) is 3.99. The molecule has 1 aliphatic rings. The molecule has 0 saturated heterocycles. The van der Waals surface area contributed by atoms with E-state index in [0.717, 1.165) is 31.0 Å². The van der Waals surface area contributed by atoms with Gasteiger partial charge >= 0.3 is 6.18 Å². The largest absolute Gasteiger partial charge is 0.416 e. The highest BCUT2D eigenvalue weighted by molar-refractivity contribution is 5.49. The van der Waals surface area contributed by atoms with Gasteiger partial charge in [-0.05, 0) is 37.0 Å². The standard InChI is InChI=1S/C13H15F4NO/c1-19-7-12(8-2-3-8)18-11-6-9(13(15,16)17)4-5-10(11)14/h4-6,8,12,18H,2-3,7H2,1H3. The Morgan fingerprint density at radius 1 is 1.37 bits per heavy atom. The van der Waals surface area contributed by atoms with Gasteiger partial charge in [-0.25, -0.2) is 4.39 Å². The van der Waals surface area contributed by atoms with Crippen LogP contribution in [0.3, 0.4) is 0 Å². The van der Waals surface area contributed by atoms with Crippen LogP contribution in [0.4, 0.5) is 23.2 Å². The average Bonchev–Trinajstić information content (AvgIpc) is 3.13. The van der Waals surface area contributed by atoms with Gasteiger partial charge in [0.25, 0.3) is 0 Å². The van der Waals surface area contributed by atoms with Crippen LogP contribution < -0.4 is 5.32 Å². The van der Waals surface area contributed by atoms with Crippen molar-refractivity contribution in [2.24, 2.45) is 5.92 Å². The predicted octanol–water partition coefficient (Wildman–Crippen LogP) is 3.68. The molecule has 1 aliphatic carbocycles. The van der Waals surface area contributed by atoms with Crippen LogP contribution in [0.25, 0.3) is 0 Å². The first-order valence-electron chi connectivity index (χ1n) is 6.04. The SMILES string of the molecule is COCC(Nc1cc(C(F)(F)F)ccc1F)C1CC1. The number of rotatable bonds is 5. The second-order valence-corrected chi connectivity index (χ2v) is 4.74. The van der Waals surface area contributed by atoms with Crippen LogP contribution in [0, 0.1) is 11.7 Å². The van der Waals surface area contributed by atoms with Gasteiger partial charge in [0, 0.05) is 7.11 Å². The Hall–Kier alpha value is -1.30. The van der Waals surface area contributed by atoms with Crippen molar-refractivity contribution in [2.75, 3.05) is 19.0 Å². The molecule has 1 fully saturated rings. The monoisotopic (exact) mass is 277 g/mol. The predicted molar refractivity (Wildman–Crippen MR) is 63.4 cm³/mol. The van der Waals surface area contributed by atoms with E-state index in [1.54, 1.807) is 0 Å². The molecule has 2 nitrogen and oxygen atoms in total. The minimum Gasteiger partial charge on any atom is -0.383 e. The molecule has 0 heterocycles. The van der Waals surface area contributed by atoms with Crippen molar-refractivity contribution >= 4 is 5.69 Å². The number of hydrogen-bond acceptors (Lipinski definition) is 2. The first-order chi connectivity index (χ1) is 8.91.